The molecule has 2 heterocycles. The monoisotopic (exact) mass is 399 g/mol. The van der Waals surface area contributed by atoms with Gasteiger partial charge in [0, 0.05) is 18.9 Å². The SMILES string of the molecule is CC1C(=O)N(c2ccc(OC(F)(F)F)cc2)C(=O)N1Cc1ccncc1Cl. The van der Waals surface area contributed by atoms with Crippen LogP contribution in [0, 0.1) is 0 Å². The number of carbonyl (C=O) groups is 2. The van der Waals surface area contributed by atoms with Crippen molar-refractivity contribution in [1.29, 1.82) is 0 Å². The van der Waals surface area contributed by atoms with E-state index in [0.717, 1.165) is 17.0 Å². The number of imide groups is 1. The number of rotatable bonds is 4. The fraction of sp³-hybridized carbons (Fsp3) is 0.235. The van der Waals surface area contributed by atoms with Gasteiger partial charge in [-0.25, -0.2) is 9.69 Å². The highest BCUT2D eigenvalue weighted by Crippen LogP contribution is 2.30. The van der Waals surface area contributed by atoms with Gasteiger partial charge in [0.05, 0.1) is 10.7 Å². The van der Waals surface area contributed by atoms with Crippen molar-refractivity contribution in [1.82, 2.24) is 9.88 Å². The number of benzene rings is 1. The third kappa shape index (κ3) is 3.97. The van der Waals surface area contributed by atoms with E-state index in [1.165, 1.54) is 29.4 Å². The summed E-state index contributed by atoms with van der Waals surface area (Å²) in [5.74, 6) is -0.937. The first-order chi connectivity index (χ1) is 12.7. The predicted molar refractivity (Wildman–Crippen MR) is 90.3 cm³/mol. The fourth-order valence-corrected chi connectivity index (χ4v) is 2.84. The Morgan fingerprint density at radius 3 is 2.44 bits per heavy atom. The van der Waals surface area contributed by atoms with Gasteiger partial charge in [0.15, 0.2) is 0 Å². The zero-order valence-electron chi connectivity index (χ0n) is 13.9. The first-order valence-corrected chi connectivity index (χ1v) is 8.14. The largest absolute Gasteiger partial charge is 0.573 e. The van der Waals surface area contributed by atoms with Crippen LogP contribution in [-0.4, -0.2) is 34.2 Å². The molecular weight excluding hydrogens is 387 g/mol. The third-order valence-corrected chi connectivity index (χ3v) is 4.35. The molecule has 0 aliphatic carbocycles. The second-order valence-electron chi connectivity index (χ2n) is 5.77. The van der Waals surface area contributed by atoms with Crippen molar-refractivity contribution >= 4 is 29.2 Å². The maximum absolute atomic E-state index is 12.7. The average Bonchev–Trinajstić information content (AvgIpc) is 2.80. The lowest BCUT2D eigenvalue weighted by molar-refractivity contribution is -0.274. The van der Waals surface area contributed by atoms with Crippen molar-refractivity contribution in [2.45, 2.75) is 25.9 Å². The minimum atomic E-state index is -4.82. The molecule has 10 heteroatoms. The van der Waals surface area contributed by atoms with E-state index in [-0.39, 0.29) is 12.2 Å². The van der Waals surface area contributed by atoms with Crippen molar-refractivity contribution in [3.63, 3.8) is 0 Å². The van der Waals surface area contributed by atoms with Crippen LogP contribution in [0.4, 0.5) is 23.7 Å². The number of pyridine rings is 1. The van der Waals surface area contributed by atoms with Gasteiger partial charge in [-0.2, -0.15) is 0 Å². The summed E-state index contributed by atoms with van der Waals surface area (Å²) in [5.41, 5.74) is 0.769. The second-order valence-corrected chi connectivity index (χ2v) is 6.18. The lowest BCUT2D eigenvalue weighted by Crippen LogP contribution is -2.33. The summed E-state index contributed by atoms with van der Waals surface area (Å²) in [5, 5.41) is 0.358. The summed E-state index contributed by atoms with van der Waals surface area (Å²) in [7, 11) is 0. The number of anilines is 1. The highest BCUT2D eigenvalue weighted by molar-refractivity contribution is 6.31. The third-order valence-electron chi connectivity index (χ3n) is 4.01. The van der Waals surface area contributed by atoms with Gasteiger partial charge >= 0.3 is 12.4 Å². The van der Waals surface area contributed by atoms with Crippen molar-refractivity contribution in [3.05, 3.63) is 53.3 Å². The zero-order valence-corrected chi connectivity index (χ0v) is 14.7. The van der Waals surface area contributed by atoms with Gasteiger partial charge < -0.3 is 9.64 Å². The van der Waals surface area contributed by atoms with Gasteiger partial charge in [-0.1, -0.05) is 11.6 Å². The molecule has 0 N–H and O–H groups in total. The number of hydrogen-bond acceptors (Lipinski definition) is 4. The van der Waals surface area contributed by atoms with Gasteiger partial charge in [0.25, 0.3) is 5.91 Å². The van der Waals surface area contributed by atoms with Crippen molar-refractivity contribution in [2.75, 3.05) is 4.90 Å². The Morgan fingerprint density at radius 1 is 1.19 bits per heavy atom. The predicted octanol–water partition coefficient (Wildman–Crippen LogP) is 3.99. The Labute approximate surface area is 157 Å². The Balaban J connectivity index is 1.82. The summed E-state index contributed by atoms with van der Waals surface area (Å²) < 4.78 is 40.5. The second kappa shape index (κ2) is 7.07. The molecular formula is C17H13ClF3N3O3. The van der Waals surface area contributed by atoms with E-state index in [0.29, 0.717) is 10.6 Å². The number of carbonyl (C=O) groups excluding carboxylic acids is 2. The summed E-state index contributed by atoms with van der Waals surface area (Å²) >= 11 is 6.05. The Morgan fingerprint density at radius 2 is 1.85 bits per heavy atom. The van der Waals surface area contributed by atoms with E-state index in [9.17, 15) is 22.8 Å². The van der Waals surface area contributed by atoms with E-state index in [2.05, 4.69) is 9.72 Å². The number of alkyl halides is 3. The Hall–Kier alpha value is -2.81. The standard InChI is InChI=1S/C17H13ClF3N3O3/c1-10-15(25)24(12-2-4-13(5-3-12)27-17(19,20)21)16(26)23(10)9-11-6-7-22-8-14(11)18/h2-8,10H,9H2,1H3. The van der Waals surface area contributed by atoms with Crippen molar-refractivity contribution in [3.8, 4) is 5.75 Å². The van der Waals surface area contributed by atoms with Gasteiger partial charge in [0.2, 0.25) is 0 Å². The summed E-state index contributed by atoms with van der Waals surface area (Å²) in [4.78, 5) is 31.3. The van der Waals surface area contributed by atoms with Crippen LogP contribution in [0.5, 0.6) is 5.75 Å². The van der Waals surface area contributed by atoms with E-state index < -0.39 is 30.1 Å². The van der Waals surface area contributed by atoms with Crippen LogP contribution in [0.15, 0.2) is 42.7 Å². The zero-order chi connectivity index (χ0) is 19.8. The number of halogens is 4. The lowest BCUT2D eigenvalue weighted by atomic mass is 10.2. The molecule has 2 aromatic rings. The molecule has 1 aromatic carbocycles. The number of nitrogens with zero attached hydrogens (tertiary/aromatic N) is 3. The van der Waals surface area contributed by atoms with E-state index in [4.69, 9.17) is 11.6 Å². The highest BCUT2D eigenvalue weighted by atomic mass is 35.5. The van der Waals surface area contributed by atoms with Gasteiger partial charge in [-0.05, 0) is 42.8 Å². The topological polar surface area (TPSA) is 62.7 Å². The molecule has 27 heavy (non-hydrogen) atoms. The van der Waals surface area contributed by atoms with Crippen LogP contribution in [0.1, 0.15) is 12.5 Å². The van der Waals surface area contributed by atoms with Crippen LogP contribution < -0.4 is 9.64 Å². The first-order valence-electron chi connectivity index (χ1n) is 7.76. The molecule has 1 fully saturated rings. The first kappa shape index (κ1) is 19.0. The van der Waals surface area contributed by atoms with Gasteiger partial charge in [-0.3, -0.25) is 9.78 Å². The molecule has 3 rings (SSSR count). The van der Waals surface area contributed by atoms with Crippen LogP contribution in [0.25, 0.3) is 0 Å². The molecule has 0 bridgehead atoms. The molecule has 1 aliphatic rings. The van der Waals surface area contributed by atoms with Crippen molar-refractivity contribution < 1.29 is 27.5 Å². The quantitative estimate of drug-likeness (QED) is 0.729. The van der Waals surface area contributed by atoms with E-state index in [1.54, 1.807) is 13.0 Å². The molecule has 1 aliphatic heterocycles. The van der Waals surface area contributed by atoms with Crippen LogP contribution >= 0.6 is 11.6 Å². The summed E-state index contributed by atoms with van der Waals surface area (Å²) in [6.45, 7) is 1.66. The van der Waals surface area contributed by atoms with Crippen LogP contribution in [0.3, 0.4) is 0 Å². The van der Waals surface area contributed by atoms with Crippen LogP contribution in [0.2, 0.25) is 5.02 Å². The highest BCUT2D eigenvalue weighted by Gasteiger charge is 2.43. The molecule has 0 saturated carbocycles. The van der Waals surface area contributed by atoms with E-state index in [1.807, 2.05) is 0 Å². The molecule has 1 aromatic heterocycles. The molecule has 6 nitrogen and oxygen atoms in total. The van der Waals surface area contributed by atoms with Gasteiger partial charge in [-0.15, -0.1) is 13.2 Å². The Bertz CT molecular complexity index is 874. The molecule has 0 spiro atoms. The molecule has 142 valence electrons. The average molecular weight is 400 g/mol. The maximum Gasteiger partial charge on any atom is 0.573 e. The summed E-state index contributed by atoms with van der Waals surface area (Å²) in [6, 6.07) is 4.79. The van der Waals surface area contributed by atoms with Gasteiger partial charge in [0.1, 0.15) is 11.8 Å². The summed E-state index contributed by atoms with van der Waals surface area (Å²) in [6.07, 6.45) is -1.87. The van der Waals surface area contributed by atoms with Crippen molar-refractivity contribution in [2.24, 2.45) is 0 Å². The lowest BCUT2D eigenvalue weighted by Gasteiger charge is -2.20. The van der Waals surface area contributed by atoms with Crippen LogP contribution in [-0.2, 0) is 11.3 Å². The smallest absolute Gasteiger partial charge is 0.406 e. The number of aromatic nitrogens is 1. The number of amides is 3. The number of urea groups is 1. The normalized spacial score (nSPS) is 17.6. The molecule has 1 saturated heterocycles. The Kier molecular flexibility index (Phi) is 4.97. The number of ether oxygens (including phenoxy) is 1. The maximum atomic E-state index is 12.7. The molecule has 1 atom stereocenters. The minimum Gasteiger partial charge on any atom is -0.406 e. The molecule has 0 radical (unpaired) electrons. The minimum absolute atomic E-state index is 0.0961. The number of hydrogen-bond donors (Lipinski definition) is 0. The fourth-order valence-electron chi connectivity index (χ4n) is 2.66. The molecule has 1 unspecified atom stereocenters. The molecule has 3 amide bonds. The van der Waals surface area contributed by atoms with E-state index >= 15 is 0 Å².